The lowest BCUT2D eigenvalue weighted by Gasteiger charge is -2.14. The molecule has 0 atom stereocenters. The van der Waals surface area contributed by atoms with Crippen LogP contribution in [0.25, 0.3) is 0 Å². The summed E-state index contributed by atoms with van der Waals surface area (Å²) in [6.07, 6.45) is 3.68. The number of halogens is 3. The van der Waals surface area contributed by atoms with Crippen molar-refractivity contribution < 1.29 is 0 Å². The highest BCUT2D eigenvalue weighted by atomic mass is 79.9. The maximum Gasteiger partial charge on any atom is 0.0951 e. The second-order valence-corrected chi connectivity index (χ2v) is 6.07. The Kier molecular flexibility index (Phi) is 4.76. The van der Waals surface area contributed by atoms with Crippen LogP contribution in [0, 0.1) is 0 Å². The Morgan fingerprint density at radius 2 is 2.05 bits per heavy atom. The third-order valence-corrected chi connectivity index (χ3v) is 4.57. The third kappa shape index (κ3) is 3.25. The van der Waals surface area contributed by atoms with E-state index in [1.165, 1.54) is 0 Å². The smallest absolute Gasteiger partial charge is 0.0951 e. The molecule has 0 aliphatic rings. The van der Waals surface area contributed by atoms with Crippen molar-refractivity contribution in [1.82, 2.24) is 9.55 Å². The van der Waals surface area contributed by atoms with Crippen LogP contribution in [-0.4, -0.2) is 9.55 Å². The minimum absolute atomic E-state index is 0.378. The maximum atomic E-state index is 6.19. The van der Waals surface area contributed by atoms with Crippen LogP contribution in [0.5, 0.6) is 0 Å². The number of aromatic nitrogens is 2. The molecule has 1 heterocycles. The fourth-order valence-corrected chi connectivity index (χ4v) is 2.62. The molecule has 1 aromatic carbocycles. The lowest BCUT2D eigenvalue weighted by molar-refractivity contribution is 0.577. The molecule has 1 N–H and O–H groups in total. The van der Waals surface area contributed by atoms with E-state index in [2.05, 4.69) is 44.6 Å². The first-order valence-electron chi connectivity index (χ1n) is 5.88. The molecule has 1 aromatic heterocycles. The molecule has 2 aromatic rings. The van der Waals surface area contributed by atoms with Crippen molar-refractivity contribution in [3.63, 3.8) is 0 Å². The molecule has 0 spiro atoms. The SMILES string of the molecule is CC(C)n1cncc1CNc1ccc(Br)c(Cl)c1Cl. The van der Waals surface area contributed by atoms with Gasteiger partial charge in [0.05, 0.1) is 34.3 Å². The van der Waals surface area contributed by atoms with Gasteiger partial charge in [-0.25, -0.2) is 4.98 Å². The van der Waals surface area contributed by atoms with Gasteiger partial charge in [-0.05, 0) is 41.9 Å². The van der Waals surface area contributed by atoms with Crippen LogP contribution < -0.4 is 5.32 Å². The summed E-state index contributed by atoms with van der Waals surface area (Å²) in [5.74, 6) is 0. The first kappa shape index (κ1) is 14.7. The summed E-state index contributed by atoms with van der Waals surface area (Å²) in [6.45, 7) is 4.89. The fraction of sp³-hybridized carbons (Fsp3) is 0.308. The van der Waals surface area contributed by atoms with Gasteiger partial charge in [-0.15, -0.1) is 0 Å². The highest BCUT2D eigenvalue weighted by molar-refractivity contribution is 9.10. The van der Waals surface area contributed by atoms with Gasteiger partial charge < -0.3 is 9.88 Å². The van der Waals surface area contributed by atoms with Crippen molar-refractivity contribution in [2.45, 2.75) is 26.4 Å². The molecule has 0 aliphatic heterocycles. The Morgan fingerprint density at radius 3 is 2.74 bits per heavy atom. The summed E-state index contributed by atoms with van der Waals surface area (Å²) in [7, 11) is 0. The Bertz CT molecular complexity index is 581. The highest BCUT2D eigenvalue weighted by Gasteiger charge is 2.10. The number of nitrogens with one attached hydrogen (secondary N) is 1. The molecule has 0 saturated carbocycles. The van der Waals surface area contributed by atoms with Crippen molar-refractivity contribution in [2.75, 3.05) is 5.32 Å². The average molecular weight is 363 g/mol. The highest BCUT2D eigenvalue weighted by Crippen LogP contribution is 2.35. The number of hydrogen-bond acceptors (Lipinski definition) is 2. The van der Waals surface area contributed by atoms with E-state index in [4.69, 9.17) is 23.2 Å². The topological polar surface area (TPSA) is 29.9 Å². The Morgan fingerprint density at radius 1 is 1.32 bits per heavy atom. The molecule has 0 unspecified atom stereocenters. The van der Waals surface area contributed by atoms with E-state index in [0.29, 0.717) is 22.6 Å². The third-order valence-electron chi connectivity index (χ3n) is 2.80. The van der Waals surface area contributed by atoms with Gasteiger partial charge in [-0.3, -0.25) is 0 Å². The van der Waals surface area contributed by atoms with Gasteiger partial charge in [0.1, 0.15) is 0 Å². The molecule has 0 radical (unpaired) electrons. The van der Waals surface area contributed by atoms with E-state index >= 15 is 0 Å². The van der Waals surface area contributed by atoms with E-state index in [9.17, 15) is 0 Å². The molecule has 0 saturated heterocycles. The predicted molar refractivity (Wildman–Crippen MR) is 84.1 cm³/mol. The normalized spacial score (nSPS) is 11.1. The van der Waals surface area contributed by atoms with Crippen molar-refractivity contribution >= 4 is 44.8 Å². The lowest BCUT2D eigenvalue weighted by Crippen LogP contribution is -2.09. The first-order valence-corrected chi connectivity index (χ1v) is 7.43. The van der Waals surface area contributed by atoms with E-state index in [1.807, 2.05) is 24.7 Å². The van der Waals surface area contributed by atoms with E-state index in [1.54, 1.807) is 0 Å². The van der Waals surface area contributed by atoms with Gasteiger partial charge in [0.15, 0.2) is 0 Å². The summed E-state index contributed by atoms with van der Waals surface area (Å²) < 4.78 is 2.90. The van der Waals surface area contributed by atoms with Gasteiger partial charge in [-0.2, -0.15) is 0 Å². The van der Waals surface area contributed by atoms with Gasteiger partial charge in [0, 0.05) is 16.7 Å². The molecular formula is C13H14BrCl2N3. The van der Waals surface area contributed by atoms with Crippen LogP contribution >= 0.6 is 39.1 Å². The minimum Gasteiger partial charge on any atom is -0.378 e. The zero-order valence-electron chi connectivity index (χ0n) is 10.6. The van der Waals surface area contributed by atoms with E-state index in [0.717, 1.165) is 15.9 Å². The molecule has 19 heavy (non-hydrogen) atoms. The molecule has 0 amide bonds. The van der Waals surface area contributed by atoms with E-state index in [-0.39, 0.29) is 0 Å². The second-order valence-electron chi connectivity index (χ2n) is 4.46. The molecule has 0 bridgehead atoms. The first-order chi connectivity index (χ1) is 9.00. The van der Waals surface area contributed by atoms with Crippen LogP contribution in [0.4, 0.5) is 5.69 Å². The molecular weight excluding hydrogens is 349 g/mol. The second kappa shape index (κ2) is 6.16. The van der Waals surface area contributed by atoms with Crippen molar-refractivity contribution in [3.8, 4) is 0 Å². The van der Waals surface area contributed by atoms with Crippen LogP contribution in [0.3, 0.4) is 0 Å². The van der Waals surface area contributed by atoms with Gasteiger partial charge >= 0.3 is 0 Å². The molecule has 0 fully saturated rings. The molecule has 0 aliphatic carbocycles. The molecule has 102 valence electrons. The van der Waals surface area contributed by atoms with Gasteiger partial charge in [0.25, 0.3) is 0 Å². The van der Waals surface area contributed by atoms with Crippen molar-refractivity contribution in [1.29, 1.82) is 0 Å². The lowest BCUT2D eigenvalue weighted by atomic mass is 10.3. The quantitative estimate of drug-likeness (QED) is 0.762. The number of benzene rings is 1. The number of imidazole rings is 1. The van der Waals surface area contributed by atoms with Gasteiger partial charge in [-0.1, -0.05) is 23.2 Å². The molecule has 6 heteroatoms. The summed E-state index contributed by atoms with van der Waals surface area (Å²) in [4.78, 5) is 4.17. The maximum absolute atomic E-state index is 6.19. The monoisotopic (exact) mass is 361 g/mol. The Hall–Kier alpha value is -0.710. The number of nitrogens with zero attached hydrogens (tertiary/aromatic N) is 2. The number of hydrogen-bond donors (Lipinski definition) is 1. The van der Waals surface area contributed by atoms with Crippen LogP contribution in [0.1, 0.15) is 25.6 Å². The van der Waals surface area contributed by atoms with Crippen LogP contribution in [0.15, 0.2) is 29.1 Å². The Labute approximate surface area is 131 Å². The minimum atomic E-state index is 0.378. The van der Waals surface area contributed by atoms with Gasteiger partial charge in [0.2, 0.25) is 0 Å². The number of rotatable bonds is 4. The number of anilines is 1. The summed E-state index contributed by atoms with van der Waals surface area (Å²) in [5, 5.41) is 4.32. The van der Waals surface area contributed by atoms with Crippen molar-refractivity contribution in [2.24, 2.45) is 0 Å². The Balaban J connectivity index is 2.15. The summed E-state index contributed by atoms with van der Waals surface area (Å²) >= 11 is 15.6. The van der Waals surface area contributed by atoms with Crippen LogP contribution in [-0.2, 0) is 6.54 Å². The summed E-state index contributed by atoms with van der Waals surface area (Å²) in [5.41, 5.74) is 1.91. The van der Waals surface area contributed by atoms with Crippen LogP contribution in [0.2, 0.25) is 10.0 Å². The standard InChI is InChI=1S/C13H14BrCl2N3/c1-8(2)19-7-17-5-9(19)6-18-11-4-3-10(14)12(15)13(11)16/h3-5,7-8,18H,6H2,1-2H3. The largest absolute Gasteiger partial charge is 0.378 e. The fourth-order valence-electron chi connectivity index (χ4n) is 1.78. The van der Waals surface area contributed by atoms with E-state index < -0.39 is 0 Å². The van der Waals surface area contributed by atoms with Crippen molar-refractivity contribution in [3.05, 3.63) is 44.9 Å². The zero-order valence-corrected chi connectivity index (χ0v) is 13.7. The average Bonchev–Trinajstić information content (AvgIpc) is 2.84. The zero-order chi connectivity index (χ0) is 14.0. The summed E-state index contributed by atoms with van der Waals surface area (Å²) in [6, 6.07) is 4.15. The molecule has 2 rings (SSSR count). The molecule has 3 nitrogen and oxygen atoms in total. The predicted octanol–water partition coefficient (Wildman–Crippen LogP) is 5.15.